The Morgan fingerprint density at radius 2 is 0.750 bits per heavy atom. The quantitative estimate of drug-likeness (QED) is 0.0200. The molecule has 12 N–H and O–H groups in total. The van der Waals surface area contributed by atoms with Crippen LogP contribution in [0.1, 0.15) is 187 Å². The fourth-order valence-electron chi connectivity index (χ4n) is 10.7. The molecule has 17 unspecified atom stereocenters. The molecule has 3 fully saturated rings. The first-order valence-electron chi connectivity index (χ1n) is 34.4. The zero-order chi connectivity index (χ0) is 66.8. The van der Waals surface area contributed by atoms with Gasteiger partial charge in [-0.3, -0.25) is 4.79 Å². The third-order valence-corrected chi connectivity index (χ3v) is 16.2. The molecule has 0 aromatic heterocycles. The van der Waals surface area contributed by atoms with E-state index >= 15 is 0 Å². The van der Waals surface area contributed by atoms with Gasteiger partial charge in [0.1, 0.15) is 73.2 Å². The van der Waals surface area contributed by atoms with Crippen LogP contribution in [0.15, 0.2) is 134 Å². The zero-order valence-electron chi connectivity index (χ0n) is 55.2. The molecule has 1 amide bonds. The van der Waals surface area contributed by atoms with Gasteiger partial charge in [0, 0.05) is 6.42 Å². The van der Waals surface area contributed by atoms with Gasteiger partial charge in [0.2, 0.25) is 5.91 Å². The third kappa shape index (κ3) is 34.6. The second kappa shape index (κ2) is 53.1. The van der Waals surface area contributed by atoms with Gasteiger partial charge in [-0.25, -0.2) is 0 Å². The van der Waals surface area contributed by atoms with Crippen molar-refractivity contribution in [1.82, 2.24) is 5.32 Å². The lowest BCUT2D eigenvalue weighted by Gasteiger charge is -2.48. The van der Waals surface area contributed by atoms with Crippen molar-refractivity contribution in [2.75, 3.05) is 26.4 Å². The SMILES string of the molecule is CC/C=C\C/C=C\C/C=C\C/C=C\C/C=C\C/C=C\C/C=C\C/C=C\C/C=C\C/C=C\C/C=C\CCCCCCCCCC(=O)NC(COC1OC(CO)C(OC2OC(CO)C(OC3OC(CO)C(O)C(O)C3O)C(O)C2O)C(O)C1O)C(O)CCCCCCCC. The fourth-order valence-corrected chi connectivity index (χ4v) is 10.7. The van der Waals surface area contributed by atoms with Gasteiger partial charge >= 0.3 is 0 Å². The second-order valence-corrected chi connectivity index (χ2v) is 23.9. The van der Waals surface area contributed by atoms with Crippen LogP contribution in [0.4, 0.5) is 0 Å². The Morgan fingerprint density at radius 1 is 0.402 bits per heavy atom. The maximum Gasteiger partial charge on any atom is 0.220 e. The van der Waals surface area contributed by atoms with Crippen molar-refractivity contribution in [2.24, 2.45) is 0 Å². The first kappa shape index (κ1) is 82.2. The van der Waals surface area contributed by atoms with Crippen molar-refractivity contribution in [3.05, 3.63) is 134 Å². The van der Waals surface area contributed by atoms with E-state index in [2.05, 4.69) is 153 Å². The van der Waals surface area contributed by atoms with Crippen molar-refractivity contribution in [1.29, 1.82) is 0 Å². The number of hydrogen-bond donors (Lipinski definition) is 12. The number of unbranched alkanes of at least 4 members (excludes halogenated alkanes) is 12. The Bertz CT molecular complexity index is 2190. The van der Waals surface area contributed by atoms with Gasteiger partial charge in [0.05, 0.1) is 38.6 Å². The summed E-state index contributed by atoms with van der Waals surface area (Å²) in [6.45, 7) is 1.55. The number of ether oxygens (including phenoxy) is 6. The number of carbonyl (C=O) groups is 1. The molecule has 0 aromatic rings. The molecule has 3 aliphatic heterocycles. The van der Waals surface area contributed by atoms with E-state index < -0.39 is 124 Å². The minimum atomic E-state index is -1.98. The second-order valence-electron chi connectivity index (χ2n) is 23.9. The number of aliphatic hydroxyl groups excluding tert-OH is 11. The molecule has 92 heavy (non-hydrogen) atoms. The number of allylic oxidation sites excluding steroid dienone is 22. The summed E-state index contributed by atoms with van der Waals surface area (Å²) in [7, 11) is 0. The first-order valence-corrected chi connectivity index (χ1v) is 34.4. The van der Waals surface area contributed by atoms with Crippen LogP contribution in [0.2, 0.25) is 0 Å². The van der Waals surface area contributed by atoms with Crippen LogP contribution in [0.5, 0.6) is 0 Å². The number of hydrogen-bond acceptors (Lipinski definition) is 18. The minimum Gasteiger partial charge on any atom is -0.394 e. The highest BCUT2D eigenvalue weighted by atomic mass is 16.8. The Morgan fingerprint density at radius 3 is 1.17 bits per heavy atom. The summed E-state index contributed by atoms with van der Waals surface area (Å²) >= 11 is 0. The van der Waals surface area contributed by atoms with Crippen LogP contribution in [-0.4, -0.2) is 193 Å². The Hall–Kier alpha value is -4.07. The number of amides is 1. The first-order chi connectivity index (χ1) is 44.8. The number of aliphatic hydroxyl groups is 11. The molecule has 3 heterocycles. The van der Waals surface area contributed by atoms with E-state index in [4.69, 9.17) is 28.4 Å². The van der Waals surface area contributed by atoms with E-state index in [9.17, 15) is 61.0 Å². The Labute approximate surface area is 550 Å². The van der Waals surface area contributed by atoms with Crippen LogP contribution in [0.25, 0.3) is 0 Å². The molecule has 3 aliphatic rings. The lowest BCUT2D eigenvalue weighted by molar-refractivity contribution is -0.379. The molecule has 0 spiro atoms. The van der Waals surface area contributed by atoms with Crippen molar-refractivity contribution in [3.63, 3.8) is 0 Å². The predicted octanol–water partition coefficient (Wildman–Crippen LogP) is 8.99. The topological polar surface area (TPSA) is 307 Å². The maximum absolute atomic E-state index is 13.3. The van der Waals surface area contributed by atoms with Gasteiger partial charge < -0.3 is 89.9 Å². The van der Waals surface area contributed by atoms with E-state index in [-0.39, 0.29) is 18.9 Å². The van der Waals surface area contributed by atoms with Gasteiger partial charge in [0.15, 0.2) is 18.9 Å². The minimum absolute atomic E-state index is 0.243. The largest absolute Gasteiger partial charge is 0.394 e. The molecule has 0 bridgehead atoms. The van der Waals surface area contributed by atoms with E-state index in [0.717, 1.165) is 148 Å². The van der Waals surface area contributed by atoms with E-state index in [0.29, 0.717) is 19.3 Å². The monoisotopic (exact) mass is 1300 g/mol. The molecular weight excluding hydrogens is 1180 g/mol. The lowest BCUT2D eigenvalue weighted by Crippen LogP contribution is -2.66. The van der Waals surface area contributed by atoms with Gasteiger partial charge in [-0.15, -0.1) is 0 Å². The molecule has 3 rings (SSSR count). The summed E-state index contributed by atoms with van der Waals surface area (Å²) < 4.78 is 34.2. The highest BCUT2D eigenvalue weighted by Crippen LogP contribution is 2.33. The normalized spacial score (nSPS) is 28.6. The van der Waals surface area contributed by atoms with Crippen molar-refractivity contribution in [2.45, 2.75) is 291 Å². The van der Waals surface area contributed by atoms with Crippen LogP contribution < -0.4 is 5.32 Å². The molecule has 19 heteroatoms. The van der Waals surface area contributed by atoms with Crippen molar-refractivity contribution >= 4 is 5.91 Å². The summed E-state index contributed by atoms with van der Waals surface area (Å²) in [5.41, 5.74) is 0. The molecule has 0 radical (unpaired) electrons. The summed E-state index contributed by atoms with van der Waals surface area (Å²) in [6, 6.07) is -0.899. The molecule has 0 saturated carbocycles. The molecule has 0 aromatic carbocycles. The molecule has 19 nitrogen and oxygen atoms in total. The maximum atomic E-state index is 13.3. The average Bonchev–Trinajstić information content (AvgIpc) is 0.817. The summed E-state index contributed by atoms with van der Waals surface area (Å²) in [5.74, 6) is -0.267. The van der Waals surface area contributed by atoms with Crippen LogP contribution >= 0.6 is 0 Å². The fraction of sp³-hybridized carbons (Fsp3) is 0.685. The van der Waals surface area contributed by atoms with Crippen LogP contribution in [-0.2, 0) is 33.2 Å². The van der Waals surface area contributed by atoms with Gasteiger partial charge in [-0.2, -0.15) is 0 Å². The van der Waals surface area contributed by atoms with Crippen molar-refractivity contribution in [3.8, 4) is 0 Å². The third-order valence-electron chi connectivity index (χ3n) is 16.2. The zero-order valence-corrected chi connectivity index (χ0v) is 55.2. The molecular formula is C73H119NO18. The number of carbonyl (C=O) groups excluding carboxylic acids is 1. The summed E-state index contributed by atoms with van der Waals surface area (Å²) in [4.78, 5) is 13.3. The van der Waals surface area contributed by atoms with E-state index in [1.807, 2.05) is 0 Å². The van der Waals surface area contributed by atoms with Crippen molar-refractivity contribution < 1.29 is 89.4 Å². The predicted molar refractivity (Wildman–Crippen MR) is 359 cm³/mol. The van der Waals surface area contributed by atoms with Gasteiger partial charge in [-0.1, -0.05) is 218 Å². The van der Waals surface area contributed by atoms with Gasteiger partial charge in [-0.05, 0) is 96.3 Å². The summed E-state index contributed by atoms with van der Waals surface area (Å²) in [5, 5.41) is 120. The molecule has 3 saturated heterocycles. The lowest BCUT2D eigenvalue weighted by atomic mass is 9.96. The Kier molecular flexibility index (Phi) is 47.4. The molecule has 524 valence electrons. The average molecular weight is 1300 g/mol. The van der Waals surface area contributed by atoms with E-state index in [1.165, 1.54) is 0 Å². The number of rotatable bonds is 50. The standard InChI is InChI=1S/C73H119NO18/c1-3-5-7-9-11-12-13-14-15-16-17-18-19-20-21-22-23-24-25-26-27-28-29-30-31-32-33-34-35-36-37-38-39-40-41-42-43-44-45-47-49-51-61(79)74-56(57(78)50-48-46-10-8-6-4-2)55-87-71-67(85)64(82)69(59(53-76)89-71)92-73-68(86)65(83)70(60(54-77)90-73)91-72-66(84)63(81)62(80)58(52-75)88-72/h5,7,11-12,14-15,17-18,20-21,23-24,26-27,29-30,32-33,35-36,38-39,56-60,62-73,75-78,80-86H,3-4,6,8-10,13,16,19,22,25,28,31,34,37,40-55H2,1-2H3,(H,74,79)/b7-5-,12-11-,15-14-,18-17-,21-20-,24-23-,27-26-,30-29-,33-32-,36-35-,39-38-. The summed E-state index contributed by atoms with van der Waals surface area (Å²) in [6.07, 6.45) is 47.6. The van der Waals surface area contributed by atoms with Gasteiger partial charge in [0.25, 0.3) is 0 Å². The smallest absolute Gasteiger partial charge is 0.220 e. The van der Waals surface area contributed by atoms with E-state index in [1.54, 1.807) is 0 Å². The number of nitrogens with one attached hydrogen (secondary N) is 1. The highest BCUT2D eigenvalue weighted by molar-refractivity contribution is 5.76. The molecule has 17 atom stereocenters. The van der Waals surface area contributed by atoms with Crippen LogP contribution in [0, 0.1) is 0 Å². The molecule has 0 aliphatic carbocycles. The Balaban J connectivity index is 1.28. The van der Waals surface area contributed by atoms with Crippen LogP contribution in [0.3, 0.4) is 0 Å². The highest BCUT2D eigenvalue weighted by Gasteiger charge is 2.53.